The Hall–Kier alpha value is -0.570. The predicted octanol–water partition coefficient (Wildman–Crippen LogP) is 1.50. The van der Waals surface area contributed by atoms with E-state index in [9.17, 15) is 8.42 Å². The molecule has 0 bridgehead atoms. The summed E-state index contributed by atoms with van der Waals surface area (Å²) >= 11 is 0. The van der Waals surface area contributed by atoms with E-state index in [0.717, 1.165) is 32.1 Å². The summed E-state index contributed by atoms with van der Waals surface area (Å²) in [5, 5.41) is 0. The number of hydrogen-bond acceptors (Lipinski definition) is 2. The van der Waals surface area contributed by atoms with Crippen molar-refractivity contribution in [3.05, 3.63) is 0 Å². The van der Waals surface area contributed by atoms with E-state index in [4.69, 9.17) is 6.42 Å². The van der Waals surface area contributed by atoms with Gasteiger partial charge in [-0.3, -0.25) is 0 Å². The van der Waals surface area contributed by atoms with Gasteiger partial charge in [-0.05, 0) is 19.3 Å². The molecule has 1 N–H and O–H groups in total. The lowest BCUT2D eigenvalue weighted by Crippen LogP contribution is -2.45. The summed E-state index contributed by atoms with van der Waals surface area (Å²) in [4.78, 5) is 0. The van der Waals surface area contributed by atoms with Gasteiger partial charge in [0.05, 0.1) is 6.04 Å². The Morgan fingerprint density at radius 1 is 1.29 bits per heavy atom. The molecular formula is C12H22N2O2S. The zero-order chi connectivity index (χ0) is 12.7. The zero-order valence-electron chi connectivity index (χ0n) is 10.5. The van der Waals surface area contributed by atoms with Gasteiger partial charge in [-0.1, -0.05) is 32.1 Å². The van der Waals surface area contributed by atoms with E-state index in [1.54, 1.807) is 0 Å². The van der Waals surface area contributed by atoms with Crippen LogP contribution in [0.5, 0.6) is 0 Å². The first-order valence-electron chi connectivity index (χ1n) is 6.33. The van der Waals surface area contributed by atoms with Crippen LogP contribution in [-0.2, 0) is 10.2 Å². The number of rotatable bonds is 5. The second-order valence-corrected chi connectivity index (χ2v) is 6.15. The molecule has 1 unspecified atom stereocenters. The minimum Gasteiger partial charge on any atom is -0.195 e. The molecule has 0 aliphatic carbocycles. The van der Waals surface area contributed by atoms with E-state index in [1.807, 2.05) is 6.92 Å². The fourth-order valence-electron chi connectivity index (χ4n) is 2.00. The van der Waals surface area contributed by atoms with E-state index in [1.165, 1.54) is 4.31 Å². The van der Waals surface area contributed by atoms with Crippen molar-refractivity contribution in [1.29, 1.82) is 0 Å². The highest BCUT2D eigenvalue weighted by atomic mass is 32.2. The molecule has 1 aliphatic rings. The zero-order valence-corrected chi connectivity index (χ0v) is 11.3. The van der Waals surface area contributed by atoms with Crippen LogP contribution in [0, 0.1) is 12.3 Å². The van der Waals surface area contributed by atoms with Gasteiger partial charge in [-0.2, -0.15) is 17.4 Å². The fourth-order valence-corrected chi connectivity index (χ4v) is 3.43. The molecule has 0 aromatic carbocycles. The van der Waals surface area contributed by atoms with Gasteiger partial charge in [0.2, 0.25) is 0 Å². The molecule has 1 atom stereocenters. The molecule has 98 valence electrons. The third kappa shape index (κ3) is 4.66. The van der Waals surface area contributed by atoms with E-state index in [2.05, 4.69) is 10.6 Å². The Bertz CT molecular complexity index is 351. The van der Waals surface area contributed by atoms with Crippen LogP contribution in [0.15, 0.2) is 0 Å². The Balaban J connectivity index is 2.63. The third-order valence-corrected chi connectivity index (χ3v) is 4.60. The van der Waals surface area contributed by atoms with Gasteiger partial charge in [0.1, 0.15) is 0 Å². The van der Waals surface area contributed by atoms with Gasteiger partial charge in [0, 0.05) is 13.1 Å². The lowest BCUT2D eigenvalue weighted by molar-refractivity contribution is 0.410. The van der Waals surface area contributed by atoms with Crippen molar-refractivity contribution in [2.45, 2.75) is 51.5 Å². The number of terminal acetylenes is 1. The molecule has 1 rings (SSSR count). The van der Waals surface area contributed by atoms with Crippen LogP contribution in [0.2, 0.25) is 0 Å². The Labute approximate surface area is 105 Å². The SMILES string of the molecule is C#CC(CCC)NS(=O)(=O)N1CCCCCC1. The first-order chi connectivity index (χ1) is 8.10. The first kappa shape index (κ1) is 14.5. The van der Waals surface area contributed by atoms with Gasteiger partial charge < -0.3 is 0 Å². The molecule has 1 heterocycles. The maximum absolute atomic E-state index is 12.1. The molecule has 17 heavy (non-hydrogen) atoms. The largest absolute Gasteiger partial charge is 0.280 e. The highest BCUT2D eigenvalue weighted by molar-refractivity contribution is 7.87. The average molecular weight is 258 g/mol. The van der Waals surface area contributed by atoms with Crippen LogP contribution in [0.1, 0.15) is 45.4 Å². The number of hydrogen-bond donors (Lipinski definition) is 1. The van der Waals surface area contributed by atoms with Crippen molar-refractivity contribution in [2.24, 2.45) is 0 Å². The van der Waals surface area contributed by atoms with Crippen molar-refractivity contribution in [1.82, 2.24) is 9.03 Å². The Kier molecular flexibility index (Phi) is 5.96. The first-order valence-corrected chi connectivity index (χ1v) is 7.77. The van der Waals surface area contributed by atoms with Crippen LogP contribution in [0.25, 0.3) is 0 Å². The molecule has 0 aromatic heterocycles. The molecule has 1 fully saturated rings. The lowest BCUT2D eigenvalue weighted by Gasteiger charge is -2.22. The second-order valence-electron chi connectivity index (χ2n) is 4.44. The molecule has 4 nitrogen and oxygen atoms in total. The summed E-state index contributed by atoms with van der Waals surface area (Å²) in [6, 6.07) is -0.381. The van der Waals surface area contributed by atoms with Gasteiger partial charge in [0.25, 0.3) is 10.2 Å². The van der Waals surface area contributed by atoms with Crippen molar-refractivity contribution in [3.8, 4) is 12.3 Å². The van der Waals surface area contributed by atoms with Gasteiger partial charge in [-0.25, -0.2) is 0 Å². The van der Waals surface area contributed by atoms with Crippen molar-refractivity contribution < 1.29 is 8.42 Å². The highest BCUT2D eigenvalue weighted by Crippen LogP contribution is 2.13. The van der Waals surface area contributed by atoms with Gasteiger partial charge in [0.15, 0.2) is 0 Å². The van der Waals surface area contributed by atoms with E-state index in [0.29, 0.717) is 19.5 Å². The lowest BCUT2D eigenvalue weighted by atomic mass is 10.2. The van der Waals surface area contributed by atoms with Crippen LogP contribution in [-0.4, -0.2) is 31.9 Å². The summed E-state index contributed by atoms with van der Waals surface area (Å²) in [6.45, 7) is 3.21. The van der Waals surface area contributed by atoms with Gasteiger partial charge in [-0.15, -0.1) is 6.42 Å². The van der Waals surface area contributed by atoms with Crippen LogP contribution in [0.4, 0.5) is 0 Å². The van der Waals surface area contributed by atoms with E-state index in [-0.39, 0.29) is 6.04 Å². The monoisotopic (exact) mass is 258 g/mol. The van der Waals surface area contributed by atoms with Crippen molar-refractivity contribution in [3.63, 3.8) is 0 Å². The molecule has 0 aromatic rings. The summed E-state index contributed by atoms with van der Waals surface area (Å²) in [7, 11) is -3.40. The number of nitrogens with zero attached hydrogens (tertiary/aromatic N) is 1. The summed E-state index contributed by atoms with van der Waals surface area (Å²) in [5.74, 6) is 2.50. The standard InChI is InChI=1S/C12H22N2O2S/c1-3-9-12(4-2)13-17(15,16)14-10-7-5-6-8-11-14/h2,12-13H,3,5-11H2,1H3. The molecular weight excluding hydrogens is 236 g/mol. The second kappa shape index (κ2) is 7.00. The maximum atomic E-state index is 12.1. The molecule has 5 heteroatoms. The minimum atomic E-state index is -3.40. The van der Waals surface area contributed by atoms with E-state index >= 15 is 0 Å². The van der Waals surface area contributed by atoms with Gasteiger partial charge >= 0.3 is 0 Å². The smallest absolute Gasteiger partial charge is 0.195 e. The topological polar surface area (TPSA) is 49.4 Å². The molecule has 0 spiro atoms. The highest BCUT2D eigenvalue weighted by Gasteiger charge is 2.24. The maximum Gasteiger partial charge on any atom is 0.280 e. The minimum absolute atomic E-state index is 0.381. The van der Waals surface area contributed by atoms with Crippen LogP contribution >= 0.6 is 0 Å². The van der Waals surface area contributed by atoms with Crippen molar-refractivity contribution in [2.75, 3.05) is 13.1 Å². The quantitative estimate of drug-likeness (QED) is 0.760. The number of nitrogens with one attached hydrogen (secondary N) is 1. The van der Waals surface area contributed by atoms with E-state index < -0.39 is 10.2 Å². The molecule has 1 aliphatic heterocycles. The Morgan fingerprint density at radius 3 is 2.35 bits per heavy atom. The fraction of sp³-hybridized carbons (Fsp3) is 0.833. The van der Waals surface area contributed by atoms with Crippen LogP contribution < -0.4 is 4.72 Å². The Morgan fingerprint density at radius 2 is 1.88 bits per heavy atom. The average Bonchev–Trinajstić information content (AvgIpc) is 2.57. The summed E-state index contributed by atoms with van der Waals surface area (Å²) in [5.41, 5.74) is 0. The predicted molar refractivity (Wildman–Crippen MR) is 69.6 cm³/mol. The molecule has 0 saturated carbocycles. The molecule has 0 amide bonds. The van der Waals surface area contributed by atoms with Crippen LogP contribution in [0.3, 0.4) is 0 Å². The molecule has 1 saturated heterocycles. The molecule has 0 radical (unpaired) electrons. The normalized spacial score (nSPS) is 20.5. The summed E-state index contributed by atoms with van der Waals surface area (Å²) < 4.78 is 28.3. The van der Waals surface area contributed by atoms with Crippen molar-refractivity contribution >= 4 is 10.2 Å². The summed E-state index contributed by atoms with van der Waals surface area (Å²) in [6.07, 6.45) is 11.0. The third-order valence-electron chi connectivity index (χ3n) is 2.97.